The van der Waals surface area contributed by atoms with Crippen molar-refractivity contribution in [3.63, 3.8) is 0 Å². The van der Waals surface area contributed by atoms with Gasteiger partial charge in [0.2, 0.25) is 17.8 Å². The van der Waals surface area contributed by atoms with Crippen molar-refractivity contribution in [1.82, 2.24) is 39.1 Å². The van der Waals surface area contributed by atoms with Crippen molar-refractivity contribution in [1.29, 1.82) is 5.26 Å². The van der Waals surface area contributed by atoms with Crippen LogP contribution >= 0.6 is 8.53 Å². The zero-order chi connectivity index (χ0) is 58.3. The van der Waals surface area contributed by atoms with E-state index in [0.29, 0.717) is 28.2 Å². The number of hydrogen-bond acceptors (Lipinski definition) is 17. The minimum absolute atomic E-state index is 0.107. The molecule has 5 N–H and O–H groups in total. The van der Waals surface area contributed by atoms with E-state index >= 15 is 4.39 Å². The van der Waals surface area contributed by atoms with Crippen LogP contribution in [-0.2, 0) is 38.7 Å². The number of rotatable bonds is 24. The number of anilines is 1. The van der Waals surface area contributed by atoms with E-state index in [1.807, 2.05) is 82.3 Å². The van der Waals surface area contributed by atoms with Crippen LogP contribution in [0, 0.1) is 35.0 Å². The first kappa shape index (κ1) is 59.9. The van der Waals surface area contributed by atoms with E-state index in [1.165, 1.54) is 24.2 Å². The number of aromatic amines is 2. The largest absolute Gasteiger partial charge is 0.497 e. The molecule has 25 heteroatoms. The lowest BCUT2D eigenvalue weighted by atomic mass is 9.80. The Balaban J connectivity index is 1.15. The fraction of sp³-hybridized carbons (Fsp3) is 0.464. The fourth-order valence-corrected chi connectivity index (χ4v) is 11.8. The molecule has 2 aliphatic rings. The van der Waals surface area contributed by atoms with Crippen LogP contribution < -0.4 is 36.9 Å². The van der Waals surface area contributed by atoms with Crippen LogP contribution in [0.5, 0.6) is 11.5 Å². The Morgan fingerprint density at radius 3 is 2.05 bits per heavy atom. The summed E-state index contributed by atoms with van der Waals surface area (Å²) in [4.78, 5) is 90.8. The summed E-state index contributed by atoms with van der Waals surface area (Å²) in [5, 5.41) is 16.2. The molecule has 8 rings (SSSR count). The summed E-state index contributed by atoms with van der Waals surface area (Å²) < 4.78 is 65.4. The zero-order valence-electron chi connectivity index (χ0n) is 46.3. The molecule has 2 amide bonds. The van der Waals surface area contributed by atoms with Gasteiger partial charge in [0.15, 0.2) is 29.8 Å². The van der Waals surface area contributed by atoms with Gasteiger partial charge in [0.1, 0.15) is 23.2 Å². The van der Waals surface area contributed by atoms with Gasteiger partial charge >= 0.3 is 5.69 Å². The SMILES string of the molecule is COc1ccc(C(OC[C@H]2O[C@@H](n3cnc4c(=O)[nH]c(NC(=O)C(C)C)nc43)[C@H](F)[C@@H]2CC(=O)NC[C@@H]2O[C@@H](n3ccc(=O)[nH]c3=O)[C@H](OC)[C@@H]2C(C#N)COP(O)N(C(C)C)C(C)C)(c2ccccc2)c2ccc(OC)cc2)cc1. The second-order valence-electron chi connectivity index (χ2n) is 20.6. The Morgan fingerprint density at radius 2 is 1.48 bits per heavy atom. The van der Waals surface area contributed by atoms with E-state index in [2.05, 4.69) is 36.6 Å². The Kier molecular flexibility index (Phi) is 19.3. The minimum Gasteiger partial charge on any atom is -0.497 e. The summed E-state index contributed by atoms with van der Waals surface area (Å²) in [7, 11) is 2.30. The highest BCUT2D eigenvalue weighted by Crippen LogP contribution is 2.47. The molecule has 5 heterocycles. The number of alkyl halides is 1. The fourth-order valence-electron chi connectivity index (χ4n) is 10.6. The lowest BCUT2D eigenvalue weighted by Gasteiger charge is -2.37. The highest BCUT2D eigenvalue weighted by atomic mass is 31.2. The van der Waals surface area contributed by atoms with E-state index in [0.717, 1.165) is 10.6 Å². The van der Waals surface area contributed by atoms with Crippen molar-refractivity contribution in [3.8, 4) is 17.6 Å². The number of amides is 2. The number of carbonyl (C=O) groups excluding carboxylic acids is 2. The second-order valence-corrected chi connectivity index (χ2v) is 21.8. The van der Waals surface area contributed by atoms with E-state index in [4.69, 9.17) is 32.9 Å². The van der Waals surface area contributed by atoms with Crippen molar-refractivity contribution >= 4 is 37.5 Å². The van der Waals surface area contributed by atoms with Crippen LogP contribution in [0.4, 0.5) is 10.3 Å². The van der Waals surface area contributed by atoms with Crippen LogP contribution in [0.1, 0.15) is 77.1 Å². The number of hydrogen-bond donors (Lipinski definition) is 5. The third kappa shape index (κ3) is 12.8. The van der Waals surface area contributed by atoms with E-state index in [1.54, 1.807) is 57.0 Å². The topological polar surface area (TPSA) is 288 Å². The minimum atomic E-state index is -2.17. The summed E-state index contributed by atoms with van der Waals surface area (Å²) in [6.07, 6.45) is -6.14. The molecule has 2 unspecified atom stereocenters. The van der Waals surface area contributed by atoms with Crippen LogP contribution in [-0.4, -0.2) is 128 Å². The Morgan fingerprint density at radius 1 is 0.864 bits per heavy atom. The van der Waals surface area contributed by atoms with Gasteiger partial charge in [-0.1, -0.05) is 68.4 Å². The molecule has 10 atom stereocenters. The lowest BCUT2D eigenvalue weighted by Crippen LogP contribution is -2.43. The number of carbonyl (C=O) groups is 2. The van der Waals surface area contributed by atoms with Crippen molar-refractivity contribution in [2.75, 3.05) is 46.4 Å². The standard InChI is InChI=1S/C56H68FN10O13P/c1-31(2)50(70)63-54-62-49-47(51(71)64-54)60-30-66(49)52-46(57)40(42(80-52)29-77-56(35-13-11-10-12-14-35,36-15-19-38(74-7)20-16-36)37-17-21-39(75-8)22-18-37)25-44(69)59-27-41-45(34(26-58)28-78-81(73)67(32(3)4)33(5)6)48(76-9)53(79-41)65-24-23-43(68)61-55(65)72/h10-24,30-34,40-42,45-46,48,52-53,73H,25,27-29H2,1-9H3,(H,59,69)(H,61,68,72)(H2,62,63,64,70,71)/t34?,40-,41+,42-,45-,46-,48-,52-,53-,81?/m1/s1. The summed E-state index contributed by atoms with van der Waals surface area (Å²) >= 11 is 0. The van der Waals surface area contributed by atoms with Crippen LogP contribution in [0.15, 0.2) is 112 Å². The Bertz CT molecular complexity index is 3280. The van der Waals surface area contributed by atoms with Gasteiger partial charge in [0, 0.05) is 62.2 Å². The number of benzene rings is 3. The molecule has 0 spiro atoms. The maximum atomic E-state index is 17.9. The third-order valence-corrected chi connectivity index (χ3v) is 16.3. The second kappa shape index (κ2) is 26.1. The lowest BCUT2D eigenvalue weighted by molar-refractivity contribution is -0.125. The molecule has 0 aliphatic carbocycles. The molecule has 0 radical (unpaired) electrons. The first-order chi connectivity index (χ1) is 38.8. The predicted molar refractivity (Wildman–Crippen MR) is 296 cm³/mol. The van der Waals surface area contributed by atoms with Gasteiger partial charge < -0.3 is 43.2 Å². The number of H-pyrrole nitrogens is 2. The molecule has 23 nitrogen and oxygen atoms in total. The van der Waals surface area contributed by atoms with Crippen LogP contribution in [0.3, 0.4) is 0 Å². The number of nitriles is 1. The van der Waals surface area contributed by atoms with Gasteiger partial charge in [0.25, 0.3) is 19.6 Å². The van der Waals surface area contributed by atoms with E-state index in [9.17, 15) is 34.1 Å². The summed E-state index contributed by atoms with van der Waals surface area (Å²) in [6.45, 7) is 10.0. The van der Waals surface area contributed by atoms with Gasteiger partial charge in [-0.25, -0.2) is 18.8 Å². The van der Waals surface area contributed by atoms with Crippen molar-refractivity contribution < 1.29 is 51.8 Å². The van der Waals surface area contributed by atoms with Gasteiger partial charge in [-0.15, -0.1) is 0 Å². The molecule has 2 saturated heterocycles. The number of imidazole rings is 1. The average Bonchev–Trinajstić information content (AvgIpc) is 4.15. The van der Waals surface area contributed by atoms with Crippen molar-refractivity contribution in [2.45, 2.75) is 103 Å². The third-order valence-electron chi connectivity index (χ3n) is 14.6. The molecule has 2 fully saturated rings. The van der Waals surface area contributed by atoms with Crippen LogP contribution in [0.25, 0.3) is 11.2 Å². The smallest absolute Gasteiger partial charge is 0.330 e. The zero-order valence-corrected chi connectivity index (χ0v) is 47.2. The van der Waals surface area contributed by atoms with Crippen LogP contribution in [0.2, 0.25) is 0 Å². The number of halogens is 1. The number of fused-ring (bicyclic) bond motifs is 1. The van der Waals surface area contributed by atoms with Crippen molar-refractivity contribution in [2.24, 2.45) is 23.7 Å². The van der Waals surface area contributed by atoms with Gasteiger partial charge in [-0.2, -0.15) is 10.2 Å². The molecule has 0 bridgehead atoms. The summed E-state index contributed by atoms with van der Waals surface area (Å²) in [5.41, 5.74) is -1.84. The summed E-state index contributed by atoms with van der Waals surface area (Å²) in [6, 6.07) is 27.2. The quantitative estimate of drug-likeness (QED) is 0.0360. The van der Waals surface area contributed by atoms with E-state index in [-0.39, 0.29) is 49.0 Å². The van der Waals surface area contributed by atoms with Crippen molar-refractivity contribution in [3.05, 3.63) is 145 Å². The van der Waals surface area contributed by atoms with Gasteiger partial charge in [0.05, 0.1) is 58.0 Å². The average molecular weight is 1140 g/mol. The molecule has 3 aromatic heterocycles. The molecule has 432 valence electrons. The molecule has 3 aromatic carbocycles. The highest BCUT2D eigenvalue weighted by molar-refractivity contribution is 7.43. The molecular weight excluding hydrogens is 1070 g/mol. The first-order valence-corrected chi connectivity index (χ1v) is 27.6. The number of methoxy groups -OCH3 is 3. The normalized spacial score (nSPS) is 21.9. The molecule has 2 aliphatic heterocycles. The maximum Gasteiger partial charge on any atom is 0.330 e. The molecule has 81 heavy (non-hydrogen) atoms. The van der Waals surface area contributed by atoms with E-state index < -0.39 is 110 Å². The molecule has 6 aromatic rings. The number of nitrogens with one attached hydrogen (secondary N) is 4. The number of nitrogens with zero attached hydrogens (tertiary/aromatic N) is 6. The Hall–Kier alpha value is -7.20. The predicted octanol–water partition coefficient (Wildman–Crippen LogP) is 5.67. The maximum absolute atomic E-state index is 17.9. The number of aromatic nitrogens is 6. The first-order valence-electron chi connectivity index (χ1n) is 26.5. The van der Waals surface area contributed by atoms with Gasteiger partial charge in [-0.3, -0.25) is 43.6 Å². The monoisotopic (exact) mass is 1140 g/mol. The van der Waals surface area contributed by atoms with Gasteiger partial charge in [-0.05, 0) is 68.7 Å². The molecular formula is C56H68FN10O13P. The summed E-state index contributed by atoms with van der Waals surface area (Å²) in [5.74, 6) is -3.86. The molecule has 0 saturated carbocycles. The highest BCUT2D eigenvalue weighted by Gasteiger charge is 2.52. The Labute approximate surface area is 467 Å². The number of ether oxygens (including phenoxy) is 6.